The minimum absolute atomic E-state index is 0.279. The molecule has 2 aromatic rings. The Labute approximate surface area is 123 Å². The number of halogens is 2. The van der Waals surface area contributed by atoms with E-state index in [2.05, 4.69) is 17.2 Å². The van der Waals surface area contributed by atoms with E-state index in [9.17, 15) is 8.78 Å². The largest absolute Gasteiger partial charge is 0.329 e. The van der Waals surface area contributed by atoms with Crippen LogP contribution >= 0.6 is 0 Å². The highest BCUT2D eigenvalue weighted by molar-refractivity contribution is 5.19. The summed E-state index contributed by atoms with van der Waals surface area (Å²) < 4.78 is 28.3. The highest BCUT2D eigenvalue weighted by Gasteiger charge is 2.22. The van der Waals surface area contributed by atoms with E-state index < -0.39 is 11.6 Å². The molecular weight excluding hydrogens is 272 g/mol. The number of piperidine rings is 1. The summed E-state index contributed by atoms with van der Waals surface area (Å²) in [6.45, 7) is 2.68. The van der Waals surface area contributed by atoms with E-state index in [0.717, 1.165) is 17.7 Å². The number of imidazole rings is 1. The van der Waals surface area contributed by atoms with Crippen molar-refractivity contribution in [2.24, 2.45) is 0 Å². The molecule has 1 saturated heterocycles. The molecule has 1 aliphatic heterocycles. The molecule has 0 bridgehead atoms. The Kier molecular flexibility index (Phi) is 4.01. The molecule has 112 valence electrons. The quantitative estimate of drug-likeness (QED) is 0.939. The normalized spacial score (nSPS) is 22.4. The highest BCUT2D eigenvalue weighted by Crippen LogP contribution is 2.25. The summed E-state index contributed by atoms with van der Waals surface area (Å²) in [6, 6.07) is 4.80. The molecule has 1 N–H and O–H groups in total. The maximum absolute atomic E-state index is 13.3. The van der Waals surface area contributed by atoms with Crippen molar-refractivity contribution in [1.29, 1.82) is 0 Å². The molecule has 0 spiro atoms. The monoisotopic (exact) mass is 291 g/mol. The van der Waals surface area contributed by atoms with E-state index in [1.165, 1.54) is 25.0 Å². The zero-order valence-electron chi connectivity index (χ0n) is 12.0. The van der Waals surface area contributed by atoms with Gasteiger partial charge in [0.2, 0.25) is 0 Å². The van der Waals surface area contributed by atoms with E-state index >= 15 is 0 Å². The number of hydrogen-bond acceptors (Lipinski definition) is 2. The third kappa shape index (κ3) is 3.13. The maximum Gasteiger partial charge on any atom is 0.159 e. The minimum Gasteiger partial charge on any atom is -0.329 e. The van der Waals surface area contributed by atoms with Crippen molar-refractivity contribution >= 4 is 0 Å². The molecule has 0 aliphatic carbocycles. The van der Waals surface area contributed by atoms with Crippen molar-refractivity contribution < 1.29 is 8.78 Å². The van der Waals surface area contributed by atoms with E-state index in [-0.39, 0.29) is 6.04 Å². The number of benzene rings is 1. The van der Waals surface area contributed by atoms with Gasteiger partial charge in [0.25, 0.3) is 0 Å². The van der Waals surface area contributed by atoms with Gasteiger partial charge in [0.05, 0.1) is 12.0 Å². The number of nitrogens with one attached hydrogen (secondary N) is 1. The van der Waals surface area contributed by atoms with Gasteiger partial charge in [-0.3, -0.25) is 0 Å². The number of nitrogens with zero attached hydrogens (tertiary/aromatic N) is 2. The van der Waals surface area contributed by atoms with Gasteiger partial charge in [0.15, 0.2) is 11.6 Å². The predicted molar refractivity (Wildman–Crippen MR) is 76.9 cm³/mol. The smallest absolute Gasteiger partial charge is 0.159 e. The molecule has 3 nitrogen and oxygen atoms in total. The third-order valence-corrected chi connectivity index (χ3v) is 4.05. The Morgan fingerprint density at radius 3 is 2.90 bits per heavy atom. The van der Waals surface area contributed by atoms with E-state index in [1.54, 1.807) is 12.4 Å². The molecule has 2 unspecified atom stereocenters. The Balaban J connectivity index is 1.80. The van der Waals surface area contributed by atoms with Crippen LogP contribution in [0.15, 0.2) is 30.7 Å². The molecular formula is C16H19F2N3. The van der Waals surface area contributed by atoms with Gasteiger partial charge in [0, 0.05) is 24.8 Å². The average molecular weight is 291 g/mol. The summed E-state index contributed by atoms with van der Waals surface area (Å²) in [4.78, 5) is 4.21. The lowest BCUT2D eigenvalue weighted by Crippen LogP contribution is -2.35. The molecule has 21 heavy (non-hydrogen) atoms. The Hall–Kier alpha value is -1.75. The second kappa shape index (κ2) is 5.93. The van der Waals surface area contributed by atoms with Crippen LogP contribution < -0.4 is 5.32 Å². The van der Waals surface area contributed by atoms with Crippen molar-refractivity contribution in [3.8, 4) is 0 Å². The second-order valence-corrected chi connectivity index (χ2v) is 5.75. The zero-order chi connectivity index (χ0) is 14.8. The molecule has 2 atom stereocenters. The Bertz CT molecular complexity index is 624. The summed E-state index contributed by atoms with van der Waals surface area (Å²) in [5, 5.41) is 3.57. The number of hydrogen-bond donors (Lipinski definition) is 1. The Morgan fingerprint density at radius 1 is 1.29 bits per heavy atom. The van der Waals surface area contributed by atoms with Gasteiger partial charge in [0.1, 0.15) is 0 Å². The summed E-state index contributed by atoms with van der Waals surface area (Å²) >= 11 is 0. The van der Waals surface area contributed by atoms with E-state index in [0.29, 0.717) is 12.6 Å². The summed E-state index contributed by atoms with van der Waals surface area (Å²) in [6.07, 6.45) is 7.06. The fraction of sp³-hybridized carbons (Fsp3) is 0.438. The minimum atomic E-state index is -0.813. The van der Waals surface area contributed by atoms with E-state index in [1.807, 2.05) is 10.8 Å². The molecule has 5 heteroatoms. The van der Waals surface area contributed by atoms with Gasteiger partial charge in [-0.15, -0.1) is 0 Å². The first kappa shape index (κ1) is 14.2. The van der Waals surface area contributed by atoms with E-state index in [4.69, 9.17) is 0 Å². The van der Waals surface area contributed by atoms with Crippen molar-refractivity contribution in [3.63, 3.8) is 0 Å². The van der Waals surface area contributed by atoms with Crippen molar-refractivity contribution in [3.05, 3.63) is 53.6 Å². The molecule has 1 aliphatic rings. The first-order chi connectivity index (χ1) is 10.1. The van der Waals surface area contributed by atoms with Gasteiger partial charge >= 0.3 is 0 Å². The van der Waals surface area contributed by atoms with Crippen LogP contribution in [0.25, 0.3) is 0 Å². The van der Waals surface area contributed by atoms with Crippen LogP contribution in [0.4, 0.5) is 8.78 Å². The first-order valence-corrected chi connectivity index (χ1v) is 7.33. The van der Waals surface area contributed by atoms with Crippen LogP contribution in [0.5, 0.6) is 0 Å². The molecule has 1 aromatic heterocycles. The van der Waals surface area contributed by atoms with Crippen molar-refractivity contribution in [2.75, 3.05) is 0 Å². The topological polar surface area (TPSA) is 29.9 Å². The highest BCUT2D eigenvalue weighted by atomic mass is 19.2. The molecule has 2 heterocycles. The average Bonchev–Trinajstić information content (AvgIpc) is 2.91. The van der Waals surface area contributed by atoms with Crippen molar-refractivity contribution in [1.82, 2.24) is 14.9 Å². The number of rotatable bonds is 3. The van der Waals surface area contributed by atoms with Gasteiger partial charge in [-0.25, -0.2) is 13.8 Å². The van der Waals surface area contributed by atoms with Gasteiger partial charge in [-0.05, 0) is 43.9 Å². The van der Waals surface area contributed by atoms with Gasteiger partial charge < -0.3 is 9.88 Å². The lowest BCUT2D eigenvalue weighted by atomic mass is 9.97. The molecule has 1 aromatic carbocycles. The SMILES string of the molecule is CC1CCCC(c2cncn2Cc2ccc(F)c(F)c2)N1. The molecule has 3 rings (SSSR count). The van der Waals surface area contributed by atoms with Crippen molar-refractivity contribution in [2.45, 2.75) is 44.8 Å². The summed E-state index contributed by atoms with van der Waals surface area (Å²) in [5.41, 5.74) is 1.84. The molecule has 0 radical (unpaired) electrons. The molecule has 1 fully saturated rings. The zero-order valence-corrected chi connectivity index (χ0v) is 12.0. The van der Waals surface area contributed by atoms with Crippen LogP contribution in [0.2, 0.25) is 0 Å². The van der Waals surface area contributed by atoms with Gasteiger partial charge in [-0.1, -0.05) is 6.07 Å². The van der Waals surface area contributed by atoms with Crippen LogP contribution in [-0.2, 0) is 6.54 Å². The van der Waals surface area contributed by atoms with Crippen LogP contribution in [0, 0.1) is 11.6 Å². The summed E-state index contributed by atoms with van der Waals surface area (Å²) in [7, 11) is 0. The summed E-state index contributed by atoms with van der Waals surface area (Å²) in [5.74, 6) is -1.62. The molecule has 0 amide bonds. The van der Waals surface area contributed by atoms with Crippen LogP contribution in [0.3, 0.4) is 0 Å². The fourth-order valence-corrected chi connectivity index (χ4v) is 2.96. The first-order valence-electron chi connectivity index (χ1n) is 7.33. The lowest BCUT2D eigenvalue weighted by molar-refractivity contribution is 0.330. The fourth-order valence-electron chi connectivity index (χ4n) is 2.96. The standard InChI is InChI=1S/C16H19F2N3/c1-11-3-2-4-15(20-11)16-8-19-10-21(16)9-12-5-6-13(17)14(18)7-12/h5-8,10-11,15,20H,2-4,9H2,1H3. The van der Waals surface area contributed by atoms with Gasteiger partial charge in [-0.2, -0.15) is 0 Å². The lowest BCUT2D eigenvalue weighted by Gasteiger charge is -2.29. The predicted octanol–water partition coefficient (Wildman–Crippen LogP) is 3.41. The third-order valence-electron chi connectivity index (χ3n) is 4.05. The Morgan fingerprint density at radius 2 is 2.14 bits per heavy atom. The van der Waals surface area contributed by atoms with Crippen LogP contribution in [-0.4, -0.2) is 15.6 Å². The maximum atomic E-state index is 13.3. The van der Waals surface area contributed by atoms with Crippen LogP contribution in [0.1, 0.15) is 43.5 Å². The number of aromatic nitrogens is 2. The second-order valence-electron chi connectivity index (χ2n) is 5.75. The molecule has 0 saturated carbocycles.